The summed E-state index contributed by atoms with van der Waals surface area (Å²) in [5.74, 6) is 0.897. The van der Waals surface area contributed by atoms with Gasteiger partial charge in [-0.1, -0.05) is 58.4 Å². The van der Waals surface area contributed by atoms with Gasteiger partial charge in [0, 0.05) is 6.04 Å². The van der Waals surface area contributed by atoms with E-state index < -0.39 is 0 Å². The van der Waals surface area contributed by atoms with Crippen molar-refractivity contribution in [3.8, 4) is 5.75 Å². The van der Waals surface area contributed by atoms with Gasteiger partial charge in [0.05, 0.1) is 11.6 Å². The summed E-state index contributed by atoms with van der Waals surface area (Å²) in [4.78, 5) is 0. The average molecular weight is 356 g/mol. The van der Waals surface area contributed by atoms with Gasteiger partial charge in [-0.25, -0.2) is 0 Å². The molecule has 0 aliphatic heterocycles. The lowest BCUT2D eigenvalue weighted by Gasteiger charge is -2.19. The molecule has 21 heavy (non-hydrogen) atoms. The molecule has 0 saturated carbocycles. The van der Waals surface area contributed by atoms with Crippen LogP contribution >= 0.6 is 15.9 Å². The van der Waals surface area contributed by atoms with Crippen LogP contribution in [0.4, 0.5) is 0 Å². The Kier molecular flexibility index (Phi) is 9.77. The summed E-state index contributed by atoms with van der Waals surface area (Å²) in [6, 6.07) is 6.85. The number of unbranched alkanes of at least 4 members (excludes halogenated alkanes) is 5. The highest BCUT2D eigenvalue weighted by Crippen LogP contribution is 2.30. The number of rotatable bonds is 11. The van der Waals surface area contributed by atoms with Gasteiger partial charge in [-0.2, -0.15) is 0 Å². The average Bonchev–Trinajstić information content (AvgIpc) is 2.49. The number of methoxy groups -OCH3 is 1. The van der Waals surface area contributed by atoms with Crippen LogP contribution in [0, 0.1) is 0 Å². The van der Waals surface area contributed by atoms with E-state index in [1.54, 1.807) is 7.11 Å². The lowest BCUT2D eigenvalue weighted by molar-refractivity contribution is 0.411. The van der Waals surface area contributed by atoms with Crippen LogP contribution in [0.2, 0.25) is 0 Å². The second-order valence-corrected chi connectivity index (χ2v) is 6.42. The molecule has 3 heteroatoms. The van der Waals surface area contributed by atoms with Crippen LogP contribution in [-0.2, 0) is 0 Å². The minimum atomic E-state index is 0.448. The zero-order chi connectivity index (χ0) is 15.5. The van der Waals surface area contributed by atoms with Crippen molar-refractivity contribution in [3.05, 3.63) is 28.2 Å². The van der Waals surface area contributed by atoms with Crippen molar-refractivity contribution in [1.82, 2.24) is 5.32 Å². The van der Waals surface area contributed by atoms with Gasteiger partial charge in [0.2, 0.25) is 0 Å². The predicted molar refractivity (Wildman–Crippen MR) is 95.1 cm³/mol. The Morgan fingerprint density at radius 1 is 1.10 bits per heavy atom. The van der Waals surface area contributed by atoms with Crippen LogP contribution in [0.3, 0.4) is 0 Å². The van der Waals surface area contributed by atoms with Crippen LogP contribution in [0.15, 0.2) is 22.7 Å². The monoisotopic (exact) mass is 355 g/mol. The van der Waals surface area contributed by atoms with E-state index in [0.717, 1.165) is 16.8 Å². The SMILES string of the molecule is CCCCCCCCC(NCC)c1ccc(OC)c(Br)c1. The maximum absolute atomic E-state index is 5.31. The normalized spacial score (nSPS) is 12.4. The molecule has 0 saturated heterocycles. The fraction of sp³-hybridized carbons (Fsp3) is 0.667. The standard InChI is InChI=1S/C18H30BrNO/c1-4-6-7-8-9-10-11-17(20-5-2)15-12-13-18(21-3)16(19)14-15/h12-14,17,20H,4-11H2,1-3H3. The van der Waals surface area contributed by atoms with Crippen LogP contribution in [0.5, 0.6) is 5.75 Å². The molecular weight excluding hydrogens is 326 g/mol. The molecule has 1 aromatic rings. The van der Waals surface area contributed by atoms with Gasteiger partial charge in [0.15, 0.2) is 0 Å². The van der Waals surface area contributed by atoms with E-state index in [4.69, 9.17) is 4.74 Å². The molecule has 0 aliphatic rings. The van der Waals surface area contributed by atoms with Crippen LogP contribution in [0.25, 0.3) is 0 Å². The summed E-state index contributed by atoms with van der Waals surface area (Å²) in [6.07, 6.45) is 9.31. The van der Waals surface area contributed by atoms with Crippen molar-refractivity contribution in [3.63, 3.8) is 0 Å². The van der Waals surface area contributed by atoms with Gasteiger partial charge in [0.1, 0.15) is 5.75 Å². The van der Waals surface area contributed by atoms with Crippen molar-refractivity contribution >= 4 is 15.9 Å². The second-order valence-electron chi connectivity index (χ2n) is 5.56. The Balaban J connectivity index is 2.50. The molecule has 0 bridgehead atoms. The van der Waals surface area contributed by atoms with Crippen molar-refractivity contribution < 1.29 is 4.74 Å². The molecular formula is C18H30BrNO. The van der Waals surface area contributed by atoms with E-state index in [1.807, 2.05) is 6.07 Å². The maximum Gasteiger partial charge on any atom is 0.133 e. The summed E-state index contributed by atoms with van der Waals surface area (Å²) in [6.45, 7) is 5.44. The number of hydrogen-bond acceptors (Lipinski definition) is 2. The first-order valence-corrected chi connectivity index (χ1v) is 9.09. The molecule has 0 fully saturated rings. The molecule has 0 amide bonds. The molecule has 0 aliphatic carbocycles. The number of halogens is 1. The fourth-order valence-electron chi connectivity index (χ4n) is 2.66. The Labute approximate surface area is 138 Å². The molecule has 2 nitrogen and oxygen atoms in total. The summed E-state index contributed by atoms with van der Waals surface area (Å²) in [7, 11) is 1.71. The third kappa shape index (κ3) is 6.84. The van der Waals surface area contributed by atoms with Crippen molar-refractivity contribution in [2.45, 2.75) is 64.8 Å². The quantitative estimate of drug-likeness (QED) is 0.502. The minimum absolute atomic E-state index is 0.448. The van der Waals surface area contributed by atoms with Crippen LogP contribution < -0.4 is 10.1 Å². The first kappa shape index (κ1) is 18.5. The number of benzene rings is 1. The Bertz CT molecular complexity index is 395. The van der Waals surface area contributed by atoms with Gasteiger partial charge in [-0.05, 0) is 46.6 Å². The number of ether oxygens (including phenoxy) is 1. The fourth-order valence-corrected chi connectivity index (χ4v) is 3.22. The van der Waals surface area contributed by atoms with Crippen molar-refractivity contribution in [2.24, 2.45) is 0 Å². The molecule has 0 radical (unpaired) electrons. The largest absolute Gasteiger partial charge is 0.496 e. The molecule has 0 aromatic heterocycles. The third-order valence-corrected chi connectivity index (χ3v) is 4.49. The summed E-state index contributed by atoms with van der Waals surface area (Å²) < 4.78 is 6.34. The molecule has 1 unspecified atom stereocenters. The predicted octanol–water partition coefficient (Wildman–Crippen LogP) is 5.86. The van der Waals surface area contributed by atoms with E-state index in [1.165, 1.54) is 50.5 Å². The highest BCUT2D eigenvalue weighted by Gasteiger charge is 2.12. The Hall–Kier alpha value is -0.540. The Morgan fingerprint density at radius 3 is 2.43 bits per heavy atom. The summed E-state index contributed by atoms with van der Waals surface area (Å²) in [5.41, 5.74) is 1.35. The number of hydrogen-bond donors (Lipinski definition) is 1. The van der Waals surface area contributed by atoms with Gasteiger partial charge < -0.3 is 10.1 Å². The summed E-state index contributed by atoms with van der Waals surface area (Å²) in [5, 5.41) is 3.60. The van der Waals surface area contributed by atoms with Gasteiger partial charge >= 0.3 is 0 Å². The minimum Gasteiger partial charge on any atom is -0.496 e. The topological polar surface area (TPSA) is 21.3 Å². The molecule has 1 N–H and O–H groups in total. The molecule has 0 heterocycles. The number of nitrogens with one attached hydrogen (secondary N) is 1. The molecule has 1 aromatic carbocycles. The van der Waals surface area contributed by atoms with Crippen LogP contribution in [0.1, 0.15) is 70.4 Å². The van der Waals surface area contributed by atoms with E-state index in [2.05, 4.69) is 47.2 Å². The molecule has 1 atom stereocenters. The van der Waals surface area contributed by atoms with Crippen LogP contribution in [-0.4, -0.2) is 13.7 Å². The highest BCUT2D eigenvalue weighted by molar-refractivity contribution is 9.10. The second kappa shape index (κ2) is 11.1. The smallest absolute Gasteiger partial charge is 0.133 e. The third-order valence-electron chi connectivity index (χ3n) is 3.88. The van der Waals surface area contributed by atoms with E-state index in [0.29, 0.717) is 6.04 Å². The maximum atomic E-state index is 5.31. The first-order chi connectivity index (χ1) is 10.2. The van der Waals surface area contributed by atoms with E-state index in [-0.39, 0.29) is 0 Å². The Morgan fingerprint density at radius 2 is 1.81 bits per heavy atom. The summed E-state index contributed by atoms with van der Waals surface area (Å²) >= 11 is 3.58. The molecule has 1 rings (SSSR count). The molecule has 0 spiro atoms. The van der Waals surface area contributed by atoms with Crippen molar-refractivity contribution in [1.29, 1.82) is 0 Å². The van der Waals surface area contributed by atoms with Crippen molar-refractivity contribution in [2.75, 3.05) is 13.7 Å². The molecule has 120 valence electrons. The van der Waals surface area contributed by atoms with Gasteiger partial charge in [-0.15, -0.1) is 0 Å². The zero-order valence-corrected chi connectivity index (χ0v) is 15.3. The van der Waals surface area contributed by atoms with Gasteiger partial charge in [0.25, 0.3) is 0 Å². The van der Waals surface area contributed by atoms with E-state index >= 15 is 0 Å². The van der Waals surface area contributed by atoms with E-state index in [9.17, 15) is 0 Å². The highest BCUT2D eigenvalue weighted by atomic mass is 79.9. The lowest BCUT2D eigenvalue weighted by atomic mass is 9.99. The lowest BCUT2D eigenvalue weighted by Crippen LogP contribution is -2.20. The first-order valence-electron chi connectivity index (χ1n) is 8.29. The zero-order valence-electron chi connectivity index (χ0n) is 13.8. The van der Waals surface area contributed by atoms with Gasteiger partial charge in [-0.3, -0.25) is 0 Å².